The van der Waals surface area contributed by atoms with Crippen LogP contribution in [-0.2, 0) is 4.79 Å². The number of hydrogen-bond acceptors (Lipinski definition) is 6. The predicted molar refractivity (Wildman–Crippen MR) is 109 cm³/mol. The van der Waals surface area contributed by atoms with Gasteiger partial charge in [0.25, 0.3) is 5.56 Å². The van der Waals surface area contributed by atoms with Crippen LogP contribution in [0.5, 0.6) is 0 Å². The van der Waals surface area contributed by atoms with E-state index >= 15 is 0 Å². The summed E-state index contributed by atoms with van der Waals surface area (Å²) < 4.78 is 1.57. The Hall–Kier alpha value is -3.14. The fraction of sp³-hybridized carbons (Fsp3) is 0.316. The lowest BCUT2D eigenvalue weighted by molar-refractivity contribution is -0.117. The average Bonchev–Trinajstić information content (AvgIpc) is 3.37. The topological polar surface area (TPSA) is 122 Å². The monoisotopic (exact) mass is 412 g/mol. The summed E-state index contributed by atoms with van der Waals surface area (Å²) in [7, 11) is 0. The normalized spacial score (nSPS) is 14.2. The molecular formula is C19H20N6O3S. The van der Waals surface area contributed by atoms with Crippen LogP contribution < -0.4 is 16.2 Å². The van der Waals surface area contributed by atoms with Gasteiger partial charge in [0.05, 0.1) is 17.6 Å². The van der Waals surface area contributed by atoms with Gasteiger partial charge in [-0.25, -0.2) is 14.5 Å². The van der Waals surface area contributed by atoms with Crippen molar-refractivity contribution in [2.24, 2.45) is 0 Å². The molecule has 0 saturated heterocycles. The summed E-state index contributed by atoms with van der Waals surface area (Å²) in [5.74, 6) is -0.503. The van der Waals surface area contributed by atoms with Crippen LogP contribution in [0.1, 0.15) is 25.7 Å². The van der Waals surface area contributed by atoms with Gasteiger partial charge in [-0.2, -0.15) is 5.10 Å². The highest BCUT2D eigenvalue weighted by Crippen LogP contribution is 2.18. The third-order valence-corrected chi connectivity index (χ3v) is 5.57. The molecule has 150 valence electrons. The van der Waals surface area contributed by atoms with Gasteiger partial charge in [-0.05, 0) is 25.0 Å². The Morgan fingerprint density at radius 3 is 2.72 bits per heavy atom. The van der Waals surface area contributed by atoms with Crippen LogP contribution in [-0.4, -0.2) is 43.5 Å². The van der Waals surface area contributed by atoms with Gasteiger partial charge in [-0.1, -0.05) is 42.8 Å². The third-order valence-electron chi connectivity index (χ3n) is 4.70. The summed E-state index contributed by atoms with van der Waals surface area (Å²) in [6, 6.07) is 8.99. The molecule has 1 aliphatic carbocycles. The number of fused-ring (bicyclic) bond motifs is 1. The smallest absolute Gasteiger partial charge is 0.321 e. The van der Waals surface area contributed by atoms with E-state index in [1.165, 1.54) is 6.20 Å². The maximum atomic E-state index is 12.3. The number of benzene rings is 1. The van der Waals surface area contributed by atoms with Crippen molar-refractivity contribution in [3.8, 4) is 5.69 Å². The predicted octanol–water partition coefficient (Wildman–Crippen LogP) is 1.97. The number of amides is 3. The van der Waals surface area contributed by atoms with Gasteiger partial charge in [0.1, 0.15) is 5.39 Å². The first kappa shape index (κ1) is 19.2. The van der Waals surface area contributed by atoms with Crippen molar-refractivity contribution >= 4 is 34.7 Å². The van der Waals surface area contributed by atoms with Gasteiger partial charge in [0.15, 0.2) is 10.8 Å². The molecule has 0 radical (unpaired) electrons. The molecule has 1 fully saturated rings. The van der Waals surface area contributed by atoms with Gasteiger partial charge in [-0.3, -0.25) is 14.9 Å². The van der Waals surface area contributed by atoms with Crippen LogP contribution in [0.15, 0.2) is 46.5 Å². The van der Waals surface area contributed by atoms with Crippen LogP contribution in [0.2, 0.25) is 0 Å². The summed E-state index contributed by atoms with van der Waals surface area (Å²) in [6.07, 6.45) is 5.53. The number of rotatable bonds is 5. The molecule has 2 aromatic heterocycles. The Balaban J connectivity index is 1.43. The Morgan fingerprint density at radius 1 is 1.21 bits per heavy atom. The number of urea groups is 1. The maximum absolute atomic E-state index is 12.3. The minimum atomic E-state index is -0.485. The first-order valence-electron chi connectivity index (χ1n) is 9.37. The first-order chi connectivity index (χ1) is 14.1. The number of hydrogen-bond donors (Lipinski definition) is 3. The number of aromatic amines is 1. The van der Waals surface area contributed by atoms with E-state index in [-0.39, 0.29) is 22.5 Å². The van der Waals surface area contributed by atoms with Gasteiger partial charge in [-0.15, -0.1) is 0 Å². The Labute approximate surface area is 170 Å². The molecule has 10 heteroatoms. The second-order valence-corrected chi connectivity index (χ2v) is 7.76. The minimum absolute atomic E-state index is 0.0496. The highest BCUT2D eigenvalue weighted by molar-refractivity contribution is 7.99. The van der Waals surface area contributed by atoms with Gasteiger partial charge in [0, 0.05) is 6.04 Å². The second kappa shape index (κ2) is 8.48. The van der Waals surface area contributed by atoms with Crippen molar-refractivity contribution in [1.82, 2.24) is 30.4 Å². The number of carbonyl (C=O) groups excluding carboxylic acids is 2. The van der Waals surface area contributed by atoms with Crippen LogP contribution in [0.4, 0.5) is 4.79 Å². The quantitative estimate of drug-likeness (QED) is 0.435. The molecule has 0 aliphatic heterocycles. The molecule has 2 heterocycles. The molecule has 0 bridgehead atoms. The lowest BCUT2D eigenvalue weighted by Crippen LogP contribution is -2.44. The minimum Gasteiger partial charge on any atom is -0.335 e. The van der Waals surface area contributed by atoms with Crippen LogP contribution in [0.3, 0.4) is 0 Å². The first-order valence-corrected chi connectivity index (χ1v) is 10.4. The lowest BCUT2D eigenvalue weighted by atomic mass is 10.2. The summed E-state index contributed by atoms with van der Waals surface area (Å²) in [4.78, 5) is 43.3. The standard InChI is InChI=1S/C19H20N6O3S/c26-15(22-18(28)21-12-6-4-5-7-12)11-29-19-23-16-14(17(27)24-19)10-20-25(16)13-8-2-1-3-9-13/h1-3,8-10,12H,4-7,11H2,(H,23,24,27)(H2,21,22,26,28). The summed E-state index contributed by atoms with van der Waals surface area (Å²) in [5.41, 5.74) is 0.846. The molecular weight excluding hydrogens is 392 g/mol. The summed E-state index contributed by atoms with van der Waals surface area (Å²) in [5, 5.41) is 10.00. The van der Waals surface area contributed by atoms with Crippen molar-refractivity contribution in [2.75, 3.05) is 5.75 Å². The van der Waals surface area contributed by atoms with Crippen molar-refractivity contribution in [2.45, 2.75) is 36.9 Å². The SMILES string of the molecule is O=C(CSc1nc2c(cnn2-c2ccccc2)c(=O)[nH]1)NC(=O)NC1CCCC1. The molecule has 3 N–H and O–H groups in total. The fourth-order valence-electron chi connectivity index (χ4n) is 3.31. The largest absolute Gasteiger partial charge is 0.335 e. The number of carbonyl (C=O) groups is 2. The molecule has 3 aromatic rings. The van der Waals surface area contributed by atoms with E-state index in [4.69, 9.17) is 0 Å². The van der Waals surface area contributed by atoms with Crippen molar-refractivity contribution < 1.29 is 9.59 Å². The van der Waals surface area contributed by atoms with Crippen molar-refractivity contribution in [3.63, 3.8) is 0 Å². The van der Waals surface area contributed by atoms with Crippen molar-refractivity contribution in [1.29, 1.82) is 0 Å². The van der Waals surface area contributed by atoms with E-state index in [0.29, 0.717) is 11.0 Å². The highest BCUT2D eigenvalue weighted by Gasteiger charge is 2.18. The molecule has 3 amide bonds. The molecule has 1 saturated carbocycles. The number of imide groups is 1. The van der Waals surface area contributed by atoms with Crippen LogP contribution in [0, 0.1) is 0 Å². The number of nitrogens with zero attached hydrogens (tertiary/aromatic N) is 3. The van der Waals surface area contributed by atoms with Gasteiger partial charge >= 0.3 is 6.03 Å². The van der Waals surface area contributed by atoms with E-state index in [1.807, 2.05) is 30.3 Å². The fourth-order valence-corrected chi connectivity index (χ4v) is 3.97. The zero-order chi connectivity index (χ0) is 20.2. The Kier molecular flexibility index (Phi) is 5.61. The van der Waals surface area contributed by atoms with Crippen LogP contribution in [0.25, 0.3) is 16.7 Å². The Bertz CT molecular complexity index is 1090. The van der Waals surface area contributed by atoms with E-state index in [1.54, 1.807) is 4.68 Å². The second-order valence-electron chi connectivity index (χ2n) is 6.79. The van der Waals surface area contributed by atoms with E-state index in [0.717, 1.165) is 43.1 Å². The molecule has 0 atom stereocenters. The van der Waals surface area contributed by atoms with E-state index < -0.39 is 11.9 Å². The zero-order valence-corrected chi connectivity index (χ0v) is 16.4. The average molecular weight is 412 g/mol. The maximum Gasteiger partial charge on any atom is 0.321 e. The molecule has 1 aliphatic rings. The van der Waals surface area contributed by atoms with Gasteiger partial charge in [0.2, 0.25) is 5.91 Å². The zero-order valence-electron chi connectivity index (χ0n) is 15.6. The highest BCUT2D eigenvalue weighted by atomic mass is 32.2. The van der Waals surface area contributed by atoms with E-state index in [9.17, 15) is 14.4 Å². The van der Waals surface area contributed by atoms with Gasteiger partial charge < -0.3 is 10.3 Å². The molecule has 9 nitrogen and oxygen atoms in total. The lowest BCUT2D eigenvalue weighted by Gasteiger charge is -2.12. The number of thioether (sulfide) groups is 1. The molecule has 29 heavy (non-hydrogen) atoms. The summed E-state index contributed by atoms with van der Waals surface area (Å²) in [6.45, 7) is 0. The molecule has 4 rings (SSSR count). The number of H-pyrrole nitrogens is 1. The Morgan fingerprint density at radius 2 is 1.97 bits per heavy atom. The molecule has 1 aromatic carbocycles. The number of para-hydroxylation sites is 1. The number of aromatic nitrogens is 4. The van der Waals surface area contributed by atoms with E-state index in [2.05, 4.69) is 25.7 Å². The van der Waals surface area contributed by atoms with Crippen molar-refractivity contribution in [3.05, 3.63) is 46.9 Å². The molecule has 0 spiro atoms. The third kappa shape index (κ3) is 4.48. The van der Waals surface area contributed by atoms with Crippen LogP contribution >= 0.6 is 11.8 Å². The summed E-state index contributed by atoms with van der Waals surface area (Å²) >= 11 is 1.05. The number of nitrogens with one attached hydrogen (secondary N) is 3. The molecule has 0 unspecified atom stereocenters.